The molecule has 3 aromatic heterocycles. The highest BCUT2D eigenvalue weighted by molar-refractivity contribution is 7.16. The molecule has 0 fully saturated rings. The van der Waals surface area contributed by atoms with Gasteiger partial charge in [-0.25, -0.2) is 4.98 Å². The minimum absolute atomic E-state index is 0.202. The zero-order valence-electron chi connectivity index (χ0n) is 14.2. The molecule has 1 N–H and O–H groups in total. The summed E-state index contributed by atoms with van der Waals surface area (Å²) in [5.41, 5.74) is 2.72. The molecule has 1 aromatic carbocycles. The standard InChI is InChI=1S/C21H15N3OS2/c25-20(24-21-23-18(14-26-21)17-8-4-5-13-22-17)12-10-16-9-11-19(27-16)15-6-2-1-3-7-15/h1-14H,(H,23,24,25)/b12-10+. The Balaban J connectivity index is 1.40. The number of aromatic nitrogens is 2. The first-order chi connectivity index (χ1) is 13.3. The summed E-state index contributed by atoms with van der Waals surface area (Å²) < 4.78 is 0. The van der Waals surface area contributed by atoms with Crippen LogP contribution in [0.2, 0.25) is 0 Å². The first-order valence-corrected chi connectivity index (χ1v) is 9.99. The lowest BCUT2D eigenvalue weighted by molar-refractivity contribution is -0.111. The lowest BCUT2D eigenvalue weighted by atomic mass is 10.2. The molecule has 4 nitrogen and oxygen atoms in total. The Morgan fingerprint density at radius 2 is 1.81 bits per heavy atom. The lowest BCUT2D eigenvalue weighted by Gasteiger charge is -1.96. The summed E-state index contributed by atoms with van der Waals surface area (Å²) in [6.07, 6.45) is 5.07. The molecular formula is C21H15N3OS2. The van der Waals surface area contributed by atoms with E-state index in [0.29, 0.717) is 5.13 Å². The number of thiophene rings is 1. The van der Waals surface area contributed by atoms with Gasteiger partial charge in [-0.15, -0.1) is 22.7 Å². The fourth-order valence-corrected chi connectivity index (χ4v) is 4.09. The summed E-state index contributed by atoms with van der Waals surface area (Å²) in [6.45, 7) is 0. The number of thiazole rings is 1. The molecular weight excluding hydrogens is 374 g/mol. The van der Waals surface area contributed by atoms with Crippen LogP contribution in [-0.2, 0) is 4.79 Å². The average molecular weight is 390 g/mol. The molecule has 0 saturated heterocycles. The maximum atomic E-state index is 12.2. The van der Waals surface area contributed by atoms with Crippen molar-refractivity contribution in [1.82, 2.24) is 9.97 Å². The van der Waals surface area contributed by atoms with Gasteiger partial charge >= 0.3 is 0 Å². The van der Waals surface area contributed by atoms with Gasteiger partial charge in [0, 0.05) is 27.4 Å². The van der Waals surface area contributed by atoms with Crippen LogP contribution in [0.5, 0.6) is 0 Å². The SMILES string of the molecule is O=C(/C=C/c1ccc(-c2ccccc2)s1)Nc1nc(-c2ccccn2)cs1. The topological polar surface area (TPSA) is 54.9 Å². The number of rotatable bonds is 5. The molecule has 0 aliphatic rings. The van der Waals surface area contributed by atoms with Crippen molar-refractivity contribution in [2.24, 2.45) is 0 Å². The Bertz CT molecular complexity index is 1070. The van der Waals surface area contributed by atoms with Gasteiger partial charge in [-0.3, -0.25) is 15.1 Å². The molecule has 132 valence electrons. The van der Waals surface area contributed by atoms with Crippen molar-refractivity contribution in [1.29, 1.82) is 0 Å². The predicted octanol–water partition coefficient (Wildman–Crippen LogP) is 5.59. The molecule has 6 heteroatoms. The summed E-state index contributed by atoms with van der Waals surface area (Å²) in [5.74, 6) is -0.202. The molecule has 0 aliphatic carbocycles. The molecule has 3 heterocycles. The fourth-order valence-electron chi connectivity index (χ4n) is 2.47. The van der Waals surface area contributed by atoms with E-state index >= 15 is 0 Å². The highest BCUT2D eigenvalue weighted by Crippen LogP contribution is 2.28. The molecule has 0 radical (unpaired) electrons. The van der Waals surface area contributed by atoms with Crippen molar-refractivity contribution in [3.63, 3.8) is 0 Å². The third-order valence-electron chi connectivity index (χ3n) is 3.75. The molecule has 4 rings (SSSR count). The van der Waals surface area contributed by atoms with Crippen molar-refractivity contribution in [3.05, 3.63) is 83.2 Å². The van der Waals surface area contributed by atoms with Gasteiger partial charge in [0.05, 0.1) is 5.69 Å². The molecule has 4 aromatic rings. The fraction of sp³-hybridized carbons (Fsp3) is 0. The number of carbonyl (C=O) groups is 1. The number of pyridine rings is 1. The van der Waals surface area contributed by atoms with Crippen molar-refractivity contribution in [3.8, 4) is 21.8 Å². The van der Waals surface area contributed by atoms with E-state index in [1.54, 1.807) is 17.5 Å². The normalized spacial score (nSPS) is 11.0. The van der Waals surface area contributed by atoms with E-state index in [1.165, 1.54) is 27.9 Å². The number of hydrogen-bond donors (Lipinski definition) is 1. The second kappa shape index (κ2) is 8.07. The van der Waals surface area contributed by atoms with Gasteiger partial charge in [-0.2, -0.15) is 0 Å². The van der Waals surface area contributed by atoms with Crippen molar-refractivity contribution >= 4 is 39.8 Å². The van der Waals surface area contributed by atoms with E-state index < -0.39 is 0 Å². The zero-order chi connectivity index (χ0) is 18.5. The van der Waals surface area contributed by atoms with Crippen LogP contribution in [0.15, 0.2) is 78.3 Å². The van der Waals surface area contributed by atoms with E-state index in [-0.39, 0.29) is 5.91 Å². The average Bonchev–Trinajstić information content (AvgIpc) is 3.37. The molecule has 0 spiro atoms. The van der Waals surface area contributed by atoms with Crippen LogP contribution in [0, 0.1) is 0 Å². The summed E-state index contributed by atoms with van der Waals surface area (Å²) >= 11 is 3.03. The molecule has 0 aliphatic heterocycles. The van der Waals surface area contributed by atoms with Gasteiger partial charge in [-0.05, 0) is 35.9 Å². The Morgan fingerprint density at radius 3 is 2.63 bits per heavy atom. The zero-order valence-corrected chi connectivity index (χ0v) is 15.8. The lowest BCUT2D eigenvalue weighted by Crippen LogP contribution is -2.07. The minimum atomic E-state index is -0.202. The number of nitrogens with zero attached hydrogens (tertiary/aromatic N) is 2. The monoisotopic (exact) mass is 389 g/mol. The quantitative estimate of drug-likeness (QED) is 0.453. The van der Waals surface area contributed by atoms with Crippen molar-refractivity contribution in [2.75, 3.05) is 5.32 Å². The minimum Gasteiger partial charge on any atom is -0.298 e. The van der Waals surface area contributed by atoms with Crippen molar-refractivity contribution in [2.45, 2.75) is 0 Å². The second-order valence-electron chi connectivity index (χ2n) is 5.64. The number of amides is 1. The number of benzene rings is 1. The Hall–Kier alpha value is -3.09. The van der Waals surface area contributed by atoms with Crippen LogP contribution in [0.1, 0.15) is 4.88 Å². The van der Waals surface area contributed by atoms with Crippen LogP contribution >= 0.6 is 22.7 Å². The number of nitrogens with one attached hydrogen (secondary N) is 1. The molecule has 27 heavy (non-hydrogen) atoms. The van der Waals surface area contributed by atoms with Gasteiger partial charge in [0.25, 0.3) is 0 Å². The Morgan fingerprint density at radius 1 is 0.963 bits per heavy atom. The third kappa shape index (κ3) is 4.36. The first-order valence-electron chi connectivity index (χ1n) is 8.29. The largest absolute Gasteiger partial charge is 0.298 e. The second-order valence-corrected chi connectivity index (χ2v) is 7.62. The van der Waals surface area contributed by atoms with Crippen LogP contribution in [-0.4, -0.2) is 15.9 Å². The molecule has 1 amide bonds. The first kappa shape index (κ1) is 17.3. The molecule has 0 unspecified atom stereocenters. The van der Waals surface area contributed by atoms with E-state index in [4.69, 9.17) is 0 Å². The summed E-state index contributed by atoms with van der Waals surface area (Å²) in [7, 11) is 0. The van der Waals surface area contributed by atoms with Crippen LogP contribution < -0.4 is 5.32 Å². The predicted molar refractivity (Wildman–Crippen MR) is 113 cm³/mol. The Kier molecular flexibility index (Phi) is 5.18. The summed E-state index contributed by atoms with van der Waals surface area (Å²) in [4.78, 5) is 23.0. The highest BCUT2D eigenvalue weighted by Gasteiger charge is 2.07. The van der Waals surface area contributed by atoms with Gasteiger partial charge < -0.3 is 0 Å². The molecule has 0 bridgehead atoms. The van der Waals surface area contributed by atoms with Gasteiger partial charge in [0.1, 0.15) is 5.69 Å². The van der Waals surface area contributed by atoms with E-state index in [1.807, 2.05) is 53.9 Å². The summed E-state index contributed by atoms with van der Waals surface area (Å²) in [6, 6.07) is 19.9. The number of anilines is 1. The van der Waals surface area contributed by atoms with Crippen LogP contribution in [0.25, 0.3) is 27.9 Å². The van der Waals surface area contributed by atoms with Crippen LogP contribution in [0.3, 0.4) is 0 Å². The van der Waals surface area contributed by atoms with Gasteiger partial charge in [0.2, 0.25) is 5.91 Å². The van der Waals surface area contributed by atoms with E-state index in [2.05, 4.69) is 33.5 Å². The van der Waals surface area contributed by atoms with E-state index in [9.17, 15) is 4.79 Å². The number of carbonyl (C=O) groups excluding carboxylic acids is 1. The highest BCUT2D eigenvalue weighted by atomic mass is 32.1. The summed E-state index contributed by atoms with van der Waals surface area (Å²) in [5, 5.41) is 5.24. The van der Waals surface area contributed by atoms with Gasteiger partial charge in [-0.1, -0.05) is 36.4 Å². The third-order valence-corrected chi connectivity index (χ3v) is 5.60. The molecule has 0 saturated carbocycles. The van der Waals surface area contributed by atoms with Crippen molar-refractivity contribution < 1.29 is 4.79 Å². The van der Waals surface area contributed by atoms with Crippen LogP contribution in [0.4, 0.5) is 5.13 Å². The maximum Gasteiger partial charge on any atom is 0.250 e. The number of hydrogen-bond acceptors (Lipinski definition) is 5. The Labute approximate surface area is 164 Å². The van der Waals surface area contributed by atoms with E-state index in [0.717, 1.165) is 16.3 Å². The molecule has 0 atom stereocenters. The van der Waals surface area contributed by atoms with Gasteiger partial charge in [0.15, 0.2) is 5.13 Å². The smallest absolute Gasteiger partial charge is 0.250 e. The maximum absolute atomic E-state index is 12.2.